The second-order valence-electron chi connectivity index (χ2n) is 5.79. The molecule has 3 heterocycles. The number of carbonyl (C=O) groups excluding carboxylic acids is 1. The molecule has 4 rings (SSSR count). The van der Waals surface area contributed by atoms with Crippen LogP contribution in [0.2, 0.25) is 9.36 Å². The van der Waals surface area contributed by atoms with Gasteiger partial charge in [0.2, 0.25) is 5.95 Å². The van der Waals surface area contributed by atoms with E-state index in [1.54, 1.807) is 36.8 Å². The van der Waals surface area contributed by atoms with Gasteiger partial charge in [0.25, 0.3) is 5.91 Å². The van der Waals surface area contributed by atoms with Crippen molar-refractivity contribution >= 4 is 58.0 Å². The van der Waals surface area contributed by atoms with Gasteiger partial charge in [-0.3, -0.25) is 9.78 Å². The van der Waals surface area contributed by atoms with Crippen LogP contribution in [0.5, 0.6) is 0 Å². The Morgan fingerprint density at radius 3 is 2.66 bits per heavy atom. The normalized spacial score (nSPS) is 10.6. The number of nitrogens with one attached hydrogen (secondary N) is 2. The number of nitrogens with zero attached hydrogens (tertiary/aromatic N) is 4. The van der Waals surface area contributed by atoms with E-state index >= 15 is 0 Å². The van der Waals surface area contributed by atoms with Crippen molar-refractivity contribution in [2.75, 3.05) is 10.6 Å². The van der Waals surface area contributed by atoms with E-state index in [9.17, 15) is 4.79 Å². The summed E-state index contributed by atoms with van der Waals surface area (Å²) < 4.78 is 4.24. The van der Waals surface area contributed by atoms with Crippen molar-refractivity contribution < 1.29 is 4.79 Å². The number of rotatable bonds is 5. The number of carbonyl (C=O) groups is 1. The van der Waals surface area contributed by atoms with E-state index in [-0.39, 0.29) is 15.1 Å². The van der Waals surface area contributed by atoms with E-state index in [2.05, 4.69) is 30.0 Å². The van der Waals surface area contributed by atoms with Gasteiger partial charge >= 0.3 is 0 Å². The zero-order valence-corrected chi connectivity index (χ0v) is 17.0. The van der Waals surface area contributed by atoms with Crippen LogP contribution in [0.15, 0.2) is 61.1 Å². The first-order valence-corrected chi connectivity index (χ1v) is 9.85. The number of halogens is 2. The molecule has 0 atom stereocenters. The summed E-state index contributed by atoms with van der Waals surface area (Å²) in [6, 6.07) is 12.7. The van der Waals surface area contributed by atoms with Gasteiger partial charge in [0, 0.05) is 35.5 Å². The van der Waals surface area contributed by atoms with Gasteiger partial charge in [-0.2, -0.15) is 4.37 Å². The molecule has 29 heavy (non-hydrogen) atoms. The third-order valence-electron chi connectivity index (χ3n) is 3.80. The second-order valence-corrected chi connectivity index (χ2v) is 7.54. The van der Waals surface area contributed by atoms with Crippen LogP contribution in [0.4, 0.5) is 17.3 Å². The molecule has 0 unspecified atom stereocenters. The molecule has 3 aromatic heterocycles. The van der Waals surface area contributed by atoms with E-state index in [0.717, 1.165) is 22.8 Å². The molecule has 4 aromatic rings. The molecule has 0 aliphatic rings. The average Bonchev–Trinajstić information content (AvgIpc) is 3.08. The van der Waals surface area contributed by atoms with Gasteiger partial charge < -0.3 is 10.6 Å². The van der Waals surface area contributed by atoms with Crippen molar-refractivity contribution in [2.45, 2.75) is 0 Å². The Hall–Kier alpha value is -3.07. The van der Waals surface area contributed by atoms with Crippen LogP contribution in [-0.2, 0) is 0 Å². The Bertz CT molecular complexity index is 1170. The lowest BCUT2D eigenvalue weighted by molar-refractivity contribution is 0.102. The minimum atomic E-state index is -0.440. The standard InChI is InChI=1S/C19H12Cl2N6OS/c20-15-16(27-29-17(15)21)18(28)24-12-4-1-5-13(9-12)25-19-23-8-6-14(26-19)11-3-2-7-22-10-11/h1-10H,(H,24,28)(H,23,25,26). The van der Waals surface area contributed by atoms with Crippen LogP contribution < -0.4 is 10.6 Å². The number of anilines is 3. The molecule has 0 fully saturated rings. The van der Waals surface area contributed by atoms with Crippen LogP contribution in [0.3, 0.4) is 0 Å². The maximum absolute atomic E-state index is 12.4. The van der Waals surface area contributed by atoms with Crippen molar-refractivity contribution in [3.8, 4) is 11.3 Å². The minimum Gasteiger partial charge on any atom is -0.324 e. The predicted octanol–water partition coefficient (Wildman–Crippen LogP) is 5.30. The van der Waals surface area contributed by atoms with Gasteiger partial charge in [0.15, 0.2) is 5.69 Å². The maximum atomic E-state index is 12.4. The van der Waals surface area contributed by atoms with Crippen molar-refractivity contribution in [1.29, 1.82) is 0 Å². The van der Waals surface area contributed by atoms with E-state index in [0.29, 0.717) is 17.3 Å². The molecule has 0 aliphatic carbocycles. The first-order valence-electron chi connectivity index (χ1n) is 8.33. The molecule has 7 nitrogen and oxygen atoms in total. The van der Waals surface area contributed by atoms with Crippen molar-refractivity contribution in [2.24, 2.45) is 0 Å². The van der Waals surface area contributed by atoms with Crippen molar-refractivity contribution in [3.63, 3.8) is 0 Å². The van der Waals surface area contributed by atoms with Crippen molar-refractivity contribution in [3.05, 3.63) is 76.1 Å². The third kappa shape index (κ3) is 4.51. The molecule has 0 spiro atoms. The zero-order valence-electron chi connectivity index (χ0n) is 14.6. The number of hydrogen-bond donors (Lipinski definition) is 2. The Labute approximate surface area is 179 Å². The van der Waals surface area contributed by atoms with Gasteiger partial charge in [0.05, 0.1) is 5.69 Å². The Balaban J connectivity index is 1.51. The third-order valence-corrected chi connectivity index (χ3v) is 5.41. The lowest BCUT2D eigenvalue weighted by Gasteiger charge is -2.09. The highest BCUT2D eigenvalue weighted by Crippen LogP contribution is 2.30. The van der Waals surface area contributed by atoms with Crippen LogP contribution in [0.1, 0.15) is 10.5 Å². The number of aromatic nitrogens is 4. The average molecular weight is 443 g/mol. The molecular weight excluding hydrogens is 431 g/mol. The number of hydrogen-bond acceptors (Lipinski definition) is 7. The largest absolute Gasteiger partial charge is 0.324 e. The SMILES string of the molecule is O=C(Nc1cccc(Nc2nccc(-c3cccnc3)n2)c1)c1nsc(Cl)c1Cl. The fourth-order valence-corrected chi connectivity index (χ4v) is 3.49. The second kappa shape index (κ2) is 8.52. The number of benzene rings is 1. The molecule has 2 N–H and O–H groups in total. The molecule has 144 valence electrons. The van der Waals surface area contributed by atoms with Gasteiger partial charge in [-0.05, 0) is 47.9 Å². The number of amides is 1. The first kappa shape index (κ1) is 19.3. The predicted molar refractivity (Wildman–Crippen MR) is 115 cm³/mol. The summed E-state index contributed by atoms with van der Waals surface area (Å²) >= 11 is 12.8. The summed E-state index contributed by atoms with van der Waals surface area (Å²) in [6.45, 7) is 0. The van der Waals surface area contributed by atoms with Crippen molar-refractivity contribution in [1.82, 2.24) is 19.3 Å². The molecule has 0 bridgehead atoms. The topological polar surface area (TPSA) is 92.7 Å². The quantitative estimate of drug-likeness (QED) is 0.435. The van der Waals surface area contributed by atoms with Crippen LogP contribution in [0.25, 0.3) is 11.3 Å². The monoisotopic (exact) mass is 442 g/mol. The summed E-state index contributed by atoms with van der Waals surface area (Å²) in [6.07, 6.45) is 5.10. The molecule has 10 heteroatoms. The minimum absolute atomic E-state index is 0.0903. The summed E-state index contributed by atoms with van der Waals surface area (Å²) in [5.41, 5.74) is 2.98. The fourth-order valence-electron chi connectivity index (χ4n) is 2.49. The van der Waals surface area contributed by atoms with E-state index in [4.69, 9.17) is 23.2 Å². The maximum Gasteiger partial charge on any atom is 0.276 e. The molecule has 0 aliphatic heterocycles. The Kier molecular flexibility index (Phi) is 5.66. The lowest BCUT2D eigenvalue weighted by Crippen LogP contribution is -2.12. The Morgan fingerprint density at radius 1 is 1.03 bits per heavy atom. The summed E-state index contributed by atoms with van der Waals surface area (Å²) in [5, 5.41) is 6.02. The highest BCUT2D eigenvalue weighted by molar-refractivity contribution is 7.11. The molecule has 0 saturated carbocycles. The first-order chi connectivity index (χ1) is 14.1. The highest BCUT2D eigenvalue weighted by Gasteiger charge is 2.17. The van der Waals surface area contributed by atoms with Crippen LogP contribution in [0, 0.1) is 0 Å². The smallest absolute Gasteiger partial charge is 0.276 e. The lowest BCUT2D eigenvalue weighted by atomic mass is 10.2. The zero-order chi connectivity index (χ0) is 20.2. The number of pyridine rings is 1. The molecule has 0 radical (unpaired) electrons. The van der Waals surface area contributed by atoms with Crippen LogP contribution >= 0.6 is 34.7 Å². The van der Waals surface area contributed by atoms with Gasteiger partial charge in [-0.15, -0.1) is 0 Å². The summed E-state index contributed by atoms with van der Waals surface area (Å²) in [4.78, 5) is 25.2. The molecular formula is C19H12Cl2N6OS. The van der Waals surface area contributed by atoms with Crippen LogP contribution in [-0.4, -0.2) is 25.2 Å². The fraction of sp³-hybridized carbons (Fsp3) is 0. The molecule has 0 saturated heterocycles. The molecule has 1 amide bonds. The van der Waals surface area contributed by atoms with E-state index in [1.165, 1.54) is 0 Å². The van der Waals surface area contributed by atoms with Gasteiger partial charge in [0.1, 0.15) is 9.36 Å². The summed E-state index contributed by atoms with van der Waals surface area (Å²) in [5.74, 6) is -0.0192. The van der Waals surface area contributed by atoms with E-state index in [1.807, 2.05) is 24.3 Å². The summed E-state index contributed by atoms with van der Waals surface area (Å²) in [7, 11) is 0. The Morgan fingerprint density at radius 2 is 1.90 bits per heavy atom. The van der Waals surface area contributed by atoms with Gasteiger partial charge in [-0.1, -0.05) is 29.3 Å². The van der Waals surface area contributed by atoms with E-state index < -0.39 is 5.91 Å². The molecule has 1 aromatic carbocycles. The highest BCUT2D eigenvalue weighted by atomic mass is 35.5. The van der Waals surface area contributed by atoms with Gasteiger partial charge in [-0.25, -0.2) is 9.97 Å².